The number of nitrogens with zero attached hydrogens (tertiary/aromatic N) is 1. The number of imide groups is 1. The summed E-state index contributed by atoms with van der Waals surface area (Å²) in [6.07, 6.45) is 2.58. The molecule has 0 unspecified atom stereocenters. The molecule has 3 rings (SSSR count). The maximum Gasteiger partial charge on any atom is 0.247 e. The molecule has 1 aromatic carbocycles. The highest BCUT2D eigenvalue weighted by Crippen LogP contribution is 2.39. The lowest BCUT2D eigenvalue weighted by Gasteiger charge is -2.22. The molecule has 6 nitrogen and oxygen atoms in total. The minimum atomic E-state index is -0.883. The van der Waals surface area contributed by atoms with Gasteiger partial charge in [0.15, 0.2) is 0 Å². The van der Waals surface area contributed by atoms with Gasteiger partial charge < -0.3 is 10.1 Å². The average molecular weight is 363 g/mol. The summed E-state index contributed by atoms with van der Waals surface area (Å²) in [5, 5.41) is 3.32. The Labute approximate surface area is 150 Å². The van der Waals surface area contributed by atoms with Crippen LogP contribution in [0.15, 0.2) is 35.4 Å². The van der Waals surface area contributed by atoms with Gasteiger partial charge >= 0.3 is 0 Å². The monoisotopic (exact) mass is 362 g/mol. The summed E-state index contributed by atoms with van der Waals surface area (Å²) >= 11 is 6.01. The molecule has 1 aliphatic carbocycles. The van der Waals surface area contributed by atoms with Crippen LogP contribution in [0.1, 0.15) is 19.8 Å². The summed E-state index contributed by atoms with van der Waals surface area (Å²) in [7, 11) is 1.56. The standard InChI is InChI=1S/C18H19ClN2O4/c1-10(16(22)20-12-4-6-13(25-2)7-5-12)21-17(23)14-8-3-11(19)9-15(14)18(21)24/h3-7,10,14-15H,8-9H2,1-2H3,(H,20,22)/t10-,14-,15+/m1/s1. The van der Waals surface area contributed by atoms with Crippen molar-refractivity contribution in [2.75, 3.05) is 12.4 Å². The Morgan fingerprint density at radius 3 is 2.52 bits per heavy atom. The number of benzene rings is 1. The number of rotatable bonds is 4. The largest absolute Gasteiger partial charge is 0.497 e. The molecule has 1 saturated heterocycles. The summed E-state index contributed by atoms with van der Waals surface area (Å²) in [6, 6.07) is 5.94. The van der Waals surface area contributed by atoms with Gasteiger partial charge in [0.2, 0.25) is 17.7 Å². The maximum absolute atomic E-state index is 12.6. The van der Waals surface area contributed by atoms with Gasteiger partial charge in [-0.05, 0) is 44.0 Å². The first-order valence-corrected chi connectivity index (χ1v) is 8.46. The number of likely N-dealkylation sites (tertiary alicyclic amines) is 1. The van der Waals surface area contributed by atoms with Gasteiger partial charge in [-0.3, -0.25) is 19.3 Å². The fourth-order valence-corrected chi connectivity index (χ4v) is 3.53. The number of fused-ring (bicyclic) bond motifs is 1. The number of carbonyl (C=O) groups excluding carboxylic acids is 3. The lowest BCUT2D eigenvalue weighted by atomic mass is 9.85. The van der Waals surface area contributed by atoms with Crippen LogP contribution in [0.2, 0.25) is 0 Å². The van der Waals surface area contributed by atoms with Gasteiger partial charge in [0, 0.05) is 10.7 Å². The second-order valence-corrected chi connectivity index (χ2v) is 6.73. The number of hydrogen-bond acceptors (Lipinski definition) is 4. The van der Waals surface area contributed by atoms with Crippen LogP contribution in [0.4, 0.5) is 5.69 Å². The molecule has 132 valence electrons. The maximum atomic E-state index is 12.6. The van der Waals surface area contributed by atoms with Gasteiger partial charge in [0.05, 0.1) is 18.9 Å². The zero-order valence-electron chi connectivity index (χ0n) is 14.0. The van der Waals surface area contributed by atoms with Crippen LogP contribution in [0.3, 0.4) is 0 Å². The number of hydrogen-bond donors (Lipinski definition) is 1. The minimum absolute atomic E-state index is 0.298. The summed E-state index contributed by atoms with van der Waals surface area (Å²) < 4.78 is 5.07. The first kappa shape index (κ1) is 17.5. The lowest BCUT2D eigenvalue weighted by molar-refractivity contribution is -0.146. The van der Waals surface area contributed by atoms with E-state index in [1.165, 1.54) is 0 Å². The number of amides is 3. The van der Waals surface area contributed by atoms with E-state index in [9.17, 15) is 14.4 Å². The Morgan fingerprint density at radius 2 is 1.88 bits per heavy atom. The van der Waals surface area contributed by atoms with Crippen molar-refractivity contribution in [1.82, 2.24) is 4.90 Å². The molecule has 0 radical (unpaired) electrons. The van der Waals surface area contributed by atoms with Crippen molar-refractivity contribution in [1.29, 1.82) is 0 Å². The highest BCUT2D eigenvalue weighted by molar-refractivity contribution is 6.30. The number of halogens is 1. The van der Waals surface area contributed by atoms with E-state index in [0.29, 0.717) is 29.3 Å². The molecule has 2 aliphatic rings. The third-order valence-corrected chi connectivity index (χ3v) is 5.04. The van der Waals surface area contributed by atoms with E-state index in [-0.39, 0.29) is 11.8 Å². The fraction of sp³-hybridized carbons (Fsp3) is 0.389. The highest BCUT2D eigenvalue weighted by Gasteiger charge is 2.51. The van der Waals surface area contributed by atoms with E-state index in [1.54, 1.807) is 44.4 Å². The molecule has 1 fully saturated rings. The molecule has 7 heteroatoms. The summed E-state index contributed by atoms with van der Waals surface area (Å²) in [4.78, 5) is 38.7. The second-order valence-electron chi connectivity index (χ2n) is 6.24. The molecule has 0 bridgehead atoms. The fourth-order valence-electron chi connectivity index (χ4n) is 3.27. The summed E-state index contributed by atoms with van der Waals surface area (Å²) in [5.41, 5.74) is 0.568. The molecule has 1 heterocycles. The van der Waals surface area contributed by atoms with Gasteiger partial charge in [-0.1, -0.05) is 17.7 Å². The minimum Gasteiger partial charge on any atom is -0.497 e. The van der Waals surface area contributed by atoms with Crippen LogP contribution in [0.5, 0.6) is 5.75 Å². The van der Waals surface area contributed by atoms with E-state index < -0.39 is 23.8 Å². The molecule has 0 aromatic heterocycles. The van der Waals surface area contributed by atoms with E-state index in [1.807, 2.05) is 0 Å². The predicted octanol–water partition coefficient (Wildman–Crippen LogP) is 2.54. The quantitative estimate of drug-likeness (QED) is 0.835. The number of anilines is 1. The number of methoxy groups -OCH3 is 1. The molecule has 1 N–H and O–H groups in total. The van der Waals surface area contributed by atoms with Crippen LogP contribution in [-0.2, 0) is 14.4 Å². The van der Waals surface area contributed by atoms with Gasteiger partial charge in [-0.25, -0.2) is 0 Å². The van der Waals surface area contributed by atoms with Crippen molar-refractivity contribution < 1.29 is 19.1 Å². The van der Waals surface area contributed by atoms with Crippen molar-refractivity contribution in [2.24, 2.45) is 11.8 Å². The lowest BCUT2D eigenvalue weighted by Crippen LogP contribution is -2.46. The highest BCUT2D eigenvalue weighted by atomic mass is 35.5. The predicted molar refractivity (Wildman–Crippen MR) is 93.1 cm³/mol. The smallest absolute Gasteiger partial charge is 0.247 e. The van der Waals surface area contributed by atoms with Crippen LogP contribution in [0.25, 0.3) is 0 Å². The van der Waals surface area contributed by atoms with Gasteiger partial charge in [0.1, 0.15) is 11.8 Å². The molecule has 0 saturated carbocycles. The Balaban J connectivity index is 1.71. The van der Waals surface area contributed by atoms with Gasteiger partial charge in [-0.15, -0.1) is 0 Å². The Kier molecular flexibility index (Phi) is 4.81. The van der Waals surface area contributed by atoms with Crippen molar-refractivity contribution >= 4 is 35.0 Å². The number of allylic oxidation sites excluding steroid dienone is 2. The molecule has 1 aliphatic heterocycles. The first-order valence-electron chi connectivity index (χ1n) is 8.08. The van der Waals surface area contributed by atoms with E-state index in [2.05, 4.69) is 5.32 Å². The van der Waals surface area contributed by atoms with Crippen LogP contribution >= 0.6 is 11.6 Å². The van der Waals surface area contributed by atoms with Gasteiger partial charge in [0.25, 0.3) is 0 Å². The van der Waals surface area contributed by atoms with Crippen LogP contribution < -0.4 is 10.1 Å². The molecule has 3 atom stereocenters. The van der Waals surface area contributed by atoms with Crippen molar-refractivity contribution in [2.45, 2.75) is 25.8 Å². The average Bonchev–Trinajstić information content (AvgIpc) is 2.85. The van der Waals surface area contributed by atoms with E-state index in [0.717, 1.165) is 4.90 Å². The van der Waals surface area contributed by atoms with E-state index in [4.69, 9.17) is 16.3 Å². The molecule has 1 aromatic rings. The summed E-state index contributed by atoms with van der Waals surface area (Å²) in [5.74, 6) is -1.23. The first-order chi connectivity index (χ1) is 11.9. The van der Waals surface area contributed by atoms with Gasteiger partial charge in [-0.2, -0.15) is 0 Å². The van der Waals surface area contributed by atoms with Crippen LogP contribution in [-0.4, -0.2) is 35.8 Å². The Bertz CT molecular complexity index is 744. The Morgan fingerprint density at radius 1 is 1.24 bits per heavy atom. The SMILES string of the molecule is COc1ccc(NC(=O)[C@@H](C)N2C(=O)[C@H]3CC(Cl)=CC[C@H]3C2=O)cc1. The third-order valence-electron chi connectivity index (χ3n) is 4.73. The Hall–Kier alpha value is -2.34. The zero-order chi connectivity index (χ0) is 18.1. The molecule has 0 spiro atoms. The number of carbonyl (C=O) groups is 3. The number of ether oxygens (including phenoxy) is 1. The zero-order valence-corrected chi connectivity index (χ0v) is 14.7. The molecule has 3 amide bonds. The topological polar surface area (TPSA) is 75.7 Å². The van der Waals surface area contributed by atoms with Crippen molar-refractivity contribution in [3.63, 3.8) is 0 Å². The van der Waals surface area contributed by atoms with Crippen LogP contribution in [0, 0.1) is 11.8 Å². The van der Waals surface area contributed by atoms with E-state index >= 15 is 0 Å². The molecular formula is C18H19ClN2O4. The summed E-state index contributed by atoms with van der Waals surface area (Å²) in [6.45, 7) is 1.56. The third kappa shape index (κ3) is 3.26. The normalized spacial score (nSPS) is 23.8. The second kappa shape index (κ2) is 6.88. The van der Waals surface area contributed by atoms with Crippen molar-refractivity contribution in [3.05, 3.63) is 35.4 Å². The molecular weight excluding hydrogens is 344 g/mol. The number of nitrogens with one attached hydrogen (secondary N) is 1. The molecule has 25 heavy (non-hydrogen) atoms. The van der Waals surface area contributed by atoms with Crippen molar-refractivity contribution in [3.8, 4) is 5.75 Å².